The van der Waals surface area contributed by atoms with E-state index in [9.17, 15) is 0 Å². The van der Waals surface area contributed by atoms with Gasteiger partial charge in [-0.1, -0.05) is 60.2 Å². The van der Waals surface area contributed by atoms with Crippen LogP contribution in [0.25, 0.3) is 17.7 Å². The quantitative estimate of drug-likeness (QED) is 0.680. The Kier molecular flexibility index (Phi) is 4.23. The molecule has 0 atom stereocenters. The van der Waals surface area contributed by atoms with Gasteiger partial charge in [-0.15, -0.1) is 0 Å². The number of benzene rings is 2. The highest BCUT2D eigenvalue weighted by Crippen LogP contribution is 2.35. The topological polar surface area (TPSA) is 12.0 Å². The Morgan fingerprint density at radius 2 is 1.76 bits per heavy atom. The summed E-state index contributed by atoms with van der Waals surface area (Å²) in [6, 6.07) is 14.6. The third-order valence-electron chi connectivity index (χ3n) is 3.74. The Labute approximate surface area is 131 Å². The molecule has 0 saturated carbocycles. The molecule has 0 aromatic heterocycles. The van der Waals surface area contributed by atoms with Crippen LogP contribution in [0, 0.1) is 0 Å². The van der Waals surface area contributed by atoms with Crippen molar-refractivity contribution in [2.24, 2.45) is 0 Å². The molecule has 21 heavy (non-hydrogen) atoms. The van der Waals surface area contributed by atoms with Crippen LogP contribution in [0.5, 0.6) is 0 Å². The Morgan fingerprint density at radius 3 is 2.57 bits per heavy atom. The number of fused-ring (bicyclic) bond motifs is 2. The summed E-state index contributed by atoms with van der Waals surface area (Å²) in [7, 11) is 1.98. The van der Waals surface area contributed by atoms with E-state index in [0.29, 0.717) is 0 Å². The van der Waals surface area contributed by atoms with Gasteiger partial charge in [0, 0.05) is 5.02 Å². The van der Waals surface area contributed by atoms with Gasteiger partial charge in [0.25, 0.3) is 0 Å². The smallest absolute Gasteiger partial charge is 0.0412 e. The lowest BCUT2D eigenvalue weighted by molar-refractivity contribution is 0.808. The lowest BCUT2D eigenvalue weighted by Gasteiger charge is -2.12. The van der Waals surface area contributed by atoms with Gasteiger partial charge < -0.3 is 5.32 Å². The maximum Gasteiger partial charge on any atom is 0.0412 e. The van der Waals surface area contributed by atoms with Gasteiger partial charge in [0.15, 0.2) is 0 Å². The van der Waals surface area contributed by atoms with E-state index in [1.54, 1.807) is 0 Å². The standard InChI is InChI=1S/C19H18ClN/c1-21-12-4-7-18-17-6-3-2-5-14(17)8-9-15-10-11-16(20)13-19(15)18/h2-3,5-11,13,21H,4,12H2,1H3/b18-7-. The fraction of sp³-hybridized carbons (Fsp3) is 0.158. The van der Waals surface area contributed by atoms with E-state index >= 15 is 0 Å². The van der Waals surface area contributed by atoms with E-state index in [4.69, 9.17) is 11.6 Å². The van der Waals surface area contributed by atoms with Crippen LogP contribution in [0.1, 0.15) is 28.7 Å². The van der Waals surface area contributed by atoms with Crippen LogP contribution in [0.3, 0.4) is 0 Å². The largest absolute Gasteiger partial charge is 0.319 e. The molecule has 0 unspecified atom stereocenters. The number of rotatable bonds is 3. The normalized spacial score (nSPS) is 14.7. The Bertz CT molecular complexity index is 713. The van der Waals surface area contributed by atoms with Gasteiger partial charge in [0.05, 0.1) is 0 Å². The van der Waals surface area contributed by atoms with E-state index < -0.39 is 0 Å². The molecule has 1 aliphatic carbocycles. The van der Waals surface area contributed by atoms with Gasteiger partial charge in [0.1, 0.15) is 0 Å². The summed E-state index contributed by atoms with van der Waals surface area (Å²) in [4.78, 5) is 0. The van der Waals surface area contributed by atoms with E-state index in [1.165, 1.54) is 27.8 Å². The average Bonchev–Trinajstić information content (AvgIpc) is 2.65. The molecule has 106 valence electrons. The van der Waals surface area contributed by atoms with E-state index in [2.05, 4.69) is 59.9 Å². The van der Waals surface area contributed by atoms with Crippen molar-refractivity contribution < 1.29 is 0 Å². The highest BCUT2D eigenvalue weighted by atomic mass is 35.5. The Hall–Kier alpha value is -1.83. The van der Waals surface area contributed by atoms with Crippen molar-refractivity contribution in [3.8, 4) is 0 Å². The molecule has 3 rings (SSSR count). The summed E-state index contributed by atoms with van der Waals surface area (Å²) < 4.78 is 0. The van der Waals surface area contributed by atoms with Crippen LogP contribution in [0.4, 0.5) is 0 Å². The summed E-state index contributed by atoms with van der Waals surface area (Å²) in [5.74, 6) is 0. The van der Waals surface area contributed by atoms with Crippen LogP contribution in [-0.4, -0.2) is 13.6 Å². The fourth-order valence-electron chi connectivity index (χ4n) is 2.70. The zero-order valence-corrected chi connectivity index (χ0v) is 12.8. The highest BCUT2D eigenvalue weighted by molar-refractivity contribution is 6.30. The number of hydrogen-bond donors (Lipinski definition) is 1. The number of nitrogens with one attached hydrogen (secondary N) is 1. The minimum atomic E-state index is 0.779. The van der Waals surface area contributed by atoms with Gasteiger partial charge in [-0.2, -0.15) is 0 Å². The van der Waals surface area contributed by atoms with Crippen LogP contribution in [0.15, 0.2) is 48.5 Å². The molecule has 2 aromatic carbocycles. The second kappa shape index (κ2) is 6.30. The van der Waals surface area contributed by atoms with Crippen molar-refractivity contribution in [2.75, 3.05) is 13.6 Å². The minimum absolute atomic E-state index is 0.779. The van der Waals surface area contributed by atoms with E-state index in [1.807, 2.05) is 13.1 Å². The van der Waals surface area contributed by atoms with Crippen LogP contribution < -0.4 is 5.32 Å². The Balaban J connectivity index is 2.18. The molecule has 0 aliphatic heterocycles. The van der Waals surface area contributed by atoms with Gasteiger partial charge in [-0.3, -0.25) is 0 Å². The molecular formula is C19H18ClN. The van der Waals surface area contributed by atoms with Gasteiger partial charge >= 0.3 is 0 Å². The molecule has 1 nitrogen and oxygen atoms in total. The molecular weight excluding hydrogens is 278 g/mol. The third-order valence-corrected chi connectivity index (χ3v) is 3.98. The van der Waals surface area contributed by atoms with Crippen molar-refractivity contribution in [1.82, 2.24) is 5.32 Å². The van der Waals surface area contributed by atoms with Gasteiger partial charge in [-0.25, -0.2) is 0 Å². The molecule has 0 spiro atoms. The van der Waals surface area contributed by atoms with Gasteiger partial charge in [0.2, 0.25) is 0 Å². The van der Waals surface area contributed by atoms with Crippen molar-refractivity contribution in [3.63, 3.8) is 0 Å². The highest BCUT2D eigenvalue weighted by Gasteiger charge is 2.14. The van der Waals surface area contributed by atoms with Crippen molar-refractivity contribution in [3.05, 3.63) is 75.8 Å². The van der Waals surface area contributed by atoms with Crippen molar-refractivity contribution in [1.29, 1.82) is 0 Å². The second-order valence-electron chi connectivity index (χ2n) is 5.16. The maximum absolute atomic E-state index is 6.22. The third kappa shape index (κ3) is 2.94. The fourth-order valence-corrected chi connectivity index (χ4v) is 2.87. The van der Waals surface area contributed by atoms with Crippen molar-refractivity contribution >= 4 is 29.3 Å². The van der Waals surface area contributed by atoms with E-state index in [-0.39, 0.29) is 0 Å². The molecule has 0 bridgehead atoms. The summed E-state index contributed by atoms with van der Waals surface area (Å²) in [6.07, 6.45) is 7.65. The van der Waals surface area contributed by atoms with Crippen LogP contribution in [0.2, 0.25) is 5.02 Å². The molecule has 2 aromatic rings. The first-order chi connectivity index (χ1) is 10.3. The molecule has 0 saturated heterocycles. The first-order valence-electron chi connectivity index (χ1n) is 7.22. The second-order valence-corrected chi connectivity index (χ2v) is 5.60. The molecule has 0 radical (unpaired) electrons. The molecule has 1 N–H and O–H groups in total. The lowest BCUT2D eigenvalue weighted by atomic mass is 9.93. The Morgan fingerprint density at radius 1 is 1.00 bits per heavy atom. The first kappa shape index (κ1) is 14.1. The van der Waals surface area contributed by atoms with E-state index in [0.717, 1.165) is 18.0 Å². The molecule has 1 aliphatic rings. The number of halogens is 1. The summed E-state index contributed by atoms with van der Waals surface area (Å²) in [5.41, 5.74) is 6.21. The molecule has 2 heteroatoms. The van der Waals surface area contributed by atoms with Crippen LogP contribution in [-0.2, 0) is 0 Å². The molecule has 0 heterocycles. The minimum Gasteiger partial charge on any atom is -0.319 e. The first-order valence-corrected chi connectivity index (χ1v) is 7.59. The lowest BCUT2D eigenvalue weighted by Crippen LogP contribution is -2.06. The molecule has 0 fully saturated rings. The zero-order chi connectivity index (χ0) is 14.7. The molecule has 0 amide bonds. The van der Waals surface area contributed by atoms with Crippen LogP contribution >= 0.6 is 11.6 Å². The average molecular weight is 296 g/mol. The van der Waals surface area contributed by atoms with Crippen molar-refractivity contribution in [2.45, 2.75) is 6.42 Å². The predicted molar refractivity (Wildman–Crippen MR) is 92.4 cm³/mol. The van der Waals surface area contributed by atoms with Gasteiger partial charge in [-0.05, 0) is 60.0 Å². The monoisotopic (exact) mass is 295 g/mol. The maximum atomic E-state index is 6.22. The zero-order valence-electron chi connectivity index (χ0n) is 12.1. The predicted octanol–water partition coefficient (Wildman–Crippen LogP) is 4.87. The summed E-state index contributed by atoms with van der Waals surface area (Å²) in [5, 5.41) is 3.97. The number of hydrogen-bond acceptors (Lipinski definition) is 1. The summed E-state index contributed by atoms with van der Waals surface area (Å²) in [6.45, 7) is 0.967. The summed E-state index contributed by atoms with van der Waals surface area (Å²) >= 11 is 6.22. The SMILES string of the molecule is CNCC/C=C1/c2ccccc2C=Cc2ccc(Cl)cc21.